The summed E-state index contributed by atoms with van der Waals surface area (Å²) in [4.78, 5) is 10.3. The van der Waals surface area contributed by atoms with E-state index in [0.717, 1.165) is 12.8 Å². The molecule has 0 aliphatic carbocycles. The van der Waals surface area contributed by atoms with Crippen LogP contribution in [0.15, 0.2) is 0 Å². The topological polar surface area (TPSA) is 37.3 Å². The van der Waals surface area contributed by atoms with Gasteiger partial charge in [0.2, 0.25) is 0 Å². The number of unbranched alkanes of at least 4 members (excludes halogenated alkanes) is 11. The first-order chi connectivity index (χ1) is 10.3. The molecule has 126 valence electrons. The Kier molecular flexibility index (Phi) is 17.7. The van der Waals surface area contributed by atoms with E-state index in [0.29, 0.717) is 6.42 Å². The Hall–Kier alpha value is -0.180. The smallest absolute Gasteiger partial charge is 0.303 e. The fourth-order valence-corrected chi connectivity index (χ4v) is 3.47. The highest BCUT2D eigenvalue weighted by molar-refractivity contribution is 7.99. The Morgan fingerprint density at radius 2 is 1.14 bits per heavy atom. The van der Waals surface area contributed by atoms with E-state index in [1.807, 2.05) is 0 Å². The molecule has 0 fully saturated rings. The summed E-state index contributed by atoms with van der Waals surface area (Å²) in [7, 11) is 0. The minimum Gasteiger partial charge on any atom is -0.481 e. The zero-order valence-corrected chi connectivity index (χ0v) is 14.9. The van der Waals surface area contributed by atoms with E-state index in [-0.39, 0.29) is 0 Å². The Balaban J connectivity index is 2.95. The van der Waals surface area contributed by atoms with Crippen LogP contribution in [-0.2, 0) is 4.79 Å². The number of carboxylic acid groups (broad SMARTS) is 1. The van der Waals surface area contributed by atoms with Crippen molar-refractivity contribution in [2.24, 2.45) is 0 Å². The van der Waals surface area contributed by atoms with Crippen molar-refractivity contribution < 1.29 is 9.90 Å². The predicted molar refractivity (Wildman–Crippen MR) is 95.3 cm³/mol. The van der Waals surface area contributed by atoms with Gasteiger partial charge in [-0.1, -0.05) is 71.1 Å². The molecule has 0 atom stereocenters. The summed E-state index contributed by atoms with van der Waals surface area (Å²) >= 11 is 2.13. The molecule has 0 unspecified atom stereocenters. The highest BCUT2D eigenvalue weighted by Gasteiger charge is 1.97. The Morgan fingerprint density at radius 3 is 1.62 bits per heavy atom. The summed E-state index contributed by atoms with van der Waals surface area (Å²) in [6.07, 6.45) is 17.2. The first-order valence-corrected chi connectivity index (χ1v) is 10.2. The van der Waals surface area contributed by atoms with Crippen LogP contribution in [0.2, 0.25) is 0 Å². The highest BCUT2D eigenvalue weighted by Crippen LogP contribution is 2.13. The van der Waals surface area contributed by atoms with Crippen molar-refractivity contribution in [3.63, 3.8) is 0 Å². The zero-order chi connectivity index (χ0) is 15.6. The van der Waals surface area contributed by atoms with Gasteiger partial charge in [0.1, 0.15) is 0 Å². The lowest BCUT2D eigenvalue weighted by atomic mass is 10.1. The van der Waals surface area contributed by atoms with Crippen molar-refractivity contribution in [2.45, 2.75) is 96.8 Å². The largest absolute Gasteiger partial charge is 0.481 e. The lowest BCUT2D eigenvalue weighted by molar-refractivity contribution is -0.137. The van der Waals surface area contributed by atoms with Crippen molar-refractivity contribution in [3.8, 4) is 0 Å². The maximum Gasteiger partial charge on any atom is 0.303 e. The Bertz CT molecular complexity index is 219. The third kappa shape index (κ3) is 19.8. The van der Waals surface area contributed by atoms with Gasteiger partial charge in [-0.25, -0.2) is 0 Å². The maximum atomic E-state index is 10.3. The van der Waals surface area contributed by atoms with E-state index in [1.54, 1.807) is 0 Å². The van der Waals surface area contributed by atoms with Crippen LogP contribution in [0.3, 0.4) is 0 Å². The van der Waals surface area contributed by atoms with Crippen LogP contribution in [0.1, 0.15) is 96.8 Å². The van der Waals surface area contributed by atoms with Gasteiger partial charge in [-0.05, 0) is 30.8 Å². The molecule has 0 aromatic carbocycles. The third-order valence-electron chi connectivity index (χ3n) is 3.82. The average molecular weight is 317 g/mol. The molecular formula is C18H36O2S. The molecule has 0 heterocycles. The first kappa shape index (κ1) is 20.8. The van der Waals surface area contributed by atoms with E-state index >= 15 is 0 Å². The monoisotopic (exact) mass is 316 g/mol. The number of hydrogen-bond acceptors (Lipinski definition) is 2. The normalized spacial score (nSPS) is 10.9. The summed E-state index contributed by atoms with van der Waals surface area (Å²) in [5, 5.41) is 8.53. The third-order valence-corrected chi connectivity index (χ3v) is 4.98. The fraction of sp³-hybridized carbons (Fsp3) is 0.944. The summed E-state index contributed by atoms with van der Waals surface area (Å²) in [6, 6.07) is 0. The second-order valence-electron chi connectivity index (χ2n) is 6.00. The second kappa shape index (κ2) is 17.9. The number of carboxylic acids is 1. The Labute approximate surface area is 136 Å². The molecule has 0 aliphatic rings. The fourth-order valence-electron chi connectivity index (χ4n) is 2.45. The van der Waals surface area contributed by atoms with Crippen LogP contribution in [0.4, 0.5) is 0 Å². The second-order valence-corrected chi connectivity index (χ2v) is 7.22. The number of aliphatic carboxylic acids is 1. The highest BCUT2D eigenvalue weighted by atomic mass is 32.2. The van der Waals surface area contributed by atoms with Gasteiger partial charge in [0.05, 0.1) is 0 Å². The summed E-state index contributed by atoms with van der Waals surface area (Å²) in [6.45, 7) is 2.27. The number of hydrogen-bond donors (Lipinski definition) is 1. The van der Waals surface area contributed by atoms with E-state index in [4.69, 9.17) is 5.11 Å². The standard InChI is InChI=1S/C18H36O2S/c1-2-3-4-10-13-16-21-17-14-11-8-6-5-7-9-12-15-18(19)20/h2-17H2,1H3,(H,19,20). The molecule has 21 heavy (non-hydrogen) atoms. The number of carbonyl (C=O) groups is 1. The van der Waals surface area contributed by atoms with Crippen molar-refractivity contribution in [1.82, 2.24) is 0 Å². The van der Waals surface area contributed by atoms with E-state index in [1.165, 1.54) is 82.1 Å². The molecule has 0 spiro atoms. The van der Waals surface area contributed by atoms with Gasteiger partial charge < -0.3 is 5.11 Å². The van der Waals surface area contributed by atoms with E-state index in [2.05, 4.69) is 18.7 Å². The van der Waals surface area contributed by atoms with Gasteiger partial charge in [0.25, 0.3) is 0 Å². The van der Waals surface area contributed by atoms with Crippen LogP contribution in [0, 0.1) is 0 Å². The van der Waals surface area contributed by atoms with Gasteiger partial charge in [0, 0.05) is 6.42 Å². The quantitative estimate of drug-likeness (QED) is 0.321. The molecule has 2 nitrogen and oxygen atoms in total. The lowest BCUT2D eigenvalue weighted by Gasteiger charge is -2.03. The maximum absolute atomic E-state index is 10.3. The van der Waals surface area contributed by atoms with Gasteiger partial charge in [-0.2, -0.15) is 11.8 Å². The summed E-state index contributed by atoms with van der Waals surface area (Å²) in [5.74, 6) is 2.04. The van der Waals surface area contributed by atoms with Crippen LogP contribution >= 0.6 is 11.8 Å². The van der Waals surface area contributed by atoms with Gasteiger partial charge in [-0.3, -0.25) is 4.79 Å². The molecule has 0 amide bonds. The van der Waals surface area contributed by atoms with Gasteiger partial charge in [0.15, 0.2) is 0 Å². The molecule has 0 radical (unpaired) electrons. The van der Waals surface area contributed by atoms with Gasteiger partial charge in [-0.15, -0.1) is 0 Å². The molecule has 1 N–H and O–H groups in total. The average Bonchev–Trinajstić information content (AvgIpc) is 2.46. The zero-order valence-electron chi connectivity index (χ0n) is 14.1. The summed E-state index contributed by atoms with van der Waals surface area (Å²) < 4.78 is 0. The molecule has 0 saturated carbocycles. The van der Waals surface area contributed by atoms with Crippen LogP contribution in [0.25, 0.3) is 0 Å². The Morgan fingerprint density at radius 1 is 0.714 bits per heavy atom. The summed E-state index contributed by atoms with van der Waals surface area (Å²) in [5.41, 5.74) is 0. The molecule has 3 heteroatoms. The SMILES string of the molecule is CCCCCCCSCCCCCCCCCCC(=O)O. The van der Waals surface area contributed by atoms with Crippen molar-refractivity contribution >= 4 is 17.7 Å². The van der Waals surface area contributed by atoms with Crippen molar-refractivity contribution in [3.05, 3.63) is 0 Å². The van der Waals surface area contributed by atoms with E-state index in [9.17, 15) is 4.79 Å². The van der Waals surface area contributed by atoms with Crippen LogP contribution in [0.5, 0.6) is 0 Å². The molecule has 0 aromatic rings. The van der Waals surface area contributed by atoms with Crippen molar-refractivity contribution in [1.29, 1.82) is 0 Å². The van der Waals surface area contributed by atoms with Crippen molar-refractivity contribution in [2.75, 3.05) is 11.5 Å². The molecule has 0 bridgehead atoms. The minimum atomic E-state index is -0.655. The lowest BCUT2D eigenvalue weighted by Crippen LogP contribution is -1.93. The molecular weight excluding hydrogens is 280 g/mol. The van der Waals surface area contributed by atoms with E-state index < -0.39 is 5.97 Å². The van der Waals surface area contributed by atoms with Crippen LogP contribution < -0.4 is 0 Å². The van der Waals surface area contributed by atoms with Crippen LogP contribution in [-0.4, -0.2) is 22.6 Å². The predicted octanol–water partition coefficient (Wildman–Crippen LogP) is 6.29. The molecule has 0 saturated heterocycles. The van der Waals surface area contributed by atoms with Gasteiger partial charge >= 0.3 is 5.97 Å². The number of thioether (sulfide) groups is 1. The molecule has 0 rings (SSSR count). The minimum absolute atomic E-state index is 0.343. The molecule has 0 aliphatic heterocycles. The first-order valence-electron chi connectivity index (χ1n) is 9.07. The molecule has 0 aromatic heterocycles. The number of rotatable bonds is 17.